The van der Waals surface area contributed by atoms with Gasteiger partial charge in [-0.3, -0.25) is 4.79 Å². The molecule has 1 unspecified atom stereocenters. The van der Waals surface area contributed by atoms with Gasteiger partial charge in [0.05, 0.1) is 13.0 Å². The number of hydrogen-bond donors (Lipinski definition) is 1. The summed E-state index contributed by atoms with van der Waals surface area (Å²) in [5, 5.41) is 3.32. The first-order valence-electron chi connectivity index (χ1n) is 5.98. The van der Waals surface area contributed by atoms with E-state index in [0.29, 0.717) is 6.54 Å². The highest BCUT2D eigenvalue weighted by molar-refractivity contribution is 5.73. The maximum absolute atomic E-state index is 11.5. The zero-order valence-electron chi connectivity index (χ0n) is 11.0. The van der Waals surface area contributed by atoms with E-state index in [9.17, 15) is 4.79 Å². The van der Waals surface area contributed by atoms with E-state index >= 15 is 0 Å². The lowest BCUT2D eigenvalue weighted by Gasteiger charge is -2.16. The molecule has 0 aliphatic carbocycles. The molecule has 1 atom stereocenters. The molecule has 0 spiro atoms. The summed E-state index contributed by atoms with van der Waals surface area (Å²) in [5.41, 5.74) is 3.57. The molecule has 0 amide bonds. The maximum Gasteiger partial charge on any atom is 0.310 e. The second-order valence-corrected chi connectivity index (χ2v) is 4.26. The highest BCUT2D eigenvalue weighted by Crippen LogP contribution is 2.18. The van der Waals surface area contributed by atoms with Gasteiger partial charge in [-0.15, -0.1) is 0 Å². The lowest BCUT2D eigenvalue weighted by atomic mass is 10.1. The van der Waals surface area contributed by atoms with Crippen molar-refractivity contribution in [1.82, 2.24) is 0 Å². The summed E-state index contributed by atoms with van der Waals surface area (Å²) in [4.78, 5) is 11.5. The van der Waals surface area contributed by atoms with Crippen LogP contribution in [0.25, 0.3) is 0 Å². The van der Waals surface area contributed by atoms with Crippen LogP contribution in [0.3, 0.4) is 0 Å². The SMILES string of the molecule is CCC(CNc1cccc(C)c1C)C(=O)OC. The van der Waals surface area contributed by atoms with E-state index in [1.165, 1.54) is 18.2 Å². The molecule has 0 aromatic heterocycles. The molecule has 0 radical (unpaired) electrons. The van der Waals surface area contributed by atoms with E-state index in [4.69, 9.17) is 4.74 Å². The average Bonchev–Trinajstić information content (AvgIpc) is 2.34. The number of anilines is 1. The monoisotopic (exact) mass is 235 g/mol. The second-order valence-electron chi connectivity index (χ2n) is 4.26. The fraction of sp³-hybridized carbons (Fsp3) is 0.500. The van der Waals surface area contributed by atoms with Gasteiger partial charge in [-0.05, 0) is 37.5 Å². The highest BCUT2D eigenvalue weighted by Gasteiger charge is 2.16. The third kappa shape index (κ3) is 3.48. The molecule has 0 fully saturated rings. The van der Waals surface area contributed by atoms with Crippen LogP contribution in [0.2, 0.25) is 0 Å². The minimum absolute atomic E-state index is 0.0834. The molecule has 1 rings (SSSR count). The van der Waals surface area contributed by atoms with Gasteiger partial charge in [0, 0.05) is 12.2 Å². The highest BCUT2D eigenvalue weighted by atomic mass is 16.5. The molecule has 1 aromatic carbocycles. The Morgan fingerprint density at radius 2 is 2.12 bits per heavy atom. The Kier molecular flexibility index (Phi) is 5.01. The zero-order valence-corrected chi connectivity index (χ0v) is 11.0. The van der Waals surface area contributed by atoms with E-state index in [-0.39, 0.29) is 11.9 Å². The van der Waals surface area contributed by atoms with Crippen molar-refractivity contribution in [2.45, 2.75) is 27.2 Å². The molecule has 1 aromatic rings. The predicted octanol–water partition coefficient (Wildman–Crippen LogP) is 2.91. The van der Waals surface area contributed by atoms with Crippen molar-refractivity contribution in [3.05, 3.63) is 29.3 Å². The van der Waals surface area contributed by atoms with Crippen LogP contribution in [0.1, 0.15) is 24.5 Å². The van der Waals surface area contributed by atoms with E-state index in [0.717, 1.165) is 12.1 Å². The number of ether oxygens (including phenoxy) is 1. The van der Waals surface area contributed by atoms with Crippen LogP contribution in [0, 0.1) is 19.8 Å². The number of methoxy groups -OCH3 is 1. The van der Waals surface area contributed by atoms with E-state index in [1.807, 2.05) is 19.1 Å². The molecule has 0 bridgehead atoms. The minimum atomic E-state index is -0.148. The van der Waals surface area contributed by atoms with Crippen LogP contribution in [0.15, 0.2) is 18.2 Å². The van der Waals surface area contributed by atoms with E-state index < -0.39 is 0 Å². The fourth-order valence-electron chi connectivity index (χ4n) is 1.74. The number of rotatable bonds is 5. The molecular formula is C14H21NO2. The van der Waals surface area contributed by atoms with Crippen LogP contribution in [0.5, 0.6) is 0 Å². The molecule has 0 heterocycles. The average molecular weight is 235 g/mol. The van der Waals surface area contributed by atoms with Crippen LogP contribution in [-0.2, 0) is 9.53 Å². The summed E-state index contributed by atoms with van der Waals surface area (Å²) in [6.07, 6.45) is 0.782. The molecule has 0 aliphatic rings. The van der Waals surface area contributed by atoms with Gasteiger partial charge in [0.15, 0.2) is 0 Å². The largest absolute Gasteiger partial charge is 0.469 e. The molecule has 17 heavy (non-hydrogen) atoms. The van der Waals surface area contributed by atoms with Gasteiger partial charge >= 0.3 is 5.97 Å². The zero-order chi connectivity index (χ0) is 12.8. The first-order chi connectivity index (χ1) is 8.10. The number of esters is 1. The number of carbonyl (C=O) groups excluding carboxylic acids is 1. The topological polar surface area (TPSA) is 38.3 Å². The number of benzene rings is 1. The molecule has 3 nitrogen and oxygen atoms in total. The Morgan fingerprint density at radius 3 is 2.71 bits per heavy atom. The van der Waals surface area contributed by atoms with Crippen molar-refractivity contribution in [3.8, 4) is 0 Å². The molecule has 3 heteroatoms. The molecule has 94 valence electrons. The Balaban J connectivity index is 2.66. The van der Waals surface area contributed by atoms with Crippen LogP contribution < -0.4 is 5.32 Å². The van der Waals surface area contributed by atoms with Gasteiger partial charge in [-0.25, -0.2) is 0 Å². The van der Waals surface area contributed by atoms with Crippen molar-refractivity contribution >= 4 is 11.7 Å². The standard InChI is InChI=1S/C14H21NO2/c1-5-12(14(16)17-4)9-15-13-8-6-7-10(2)11(13)3/h6-8,12,15H,5,9H2,1-4H3. The van der Waals surface area contributed by atoms with Crippen LogP contribution >= 0.6 is 0 Å². The first-order valence-corrected chi connectivity index (χ1v) is 5.98. The fourth-order valence-corrected chi connectivity index (χ4v) is 1.74. The summed E-state index contributed by atoms with van der Waals surface area (Å²) in [6, 6.07) is 6.13. The number of carbonyl (C=O) groups is 1. The Labute approximate surface area is 103 Å². The molecular weight excluding hydrogens is 214 g/mol. The van der Waals surface area contributed by atoms with Crippen LogP contribution in [-0.4, -0.2) is 19.6 Å². The smallest absolute Gasteiger partial charge is 0.310 e. The van der Waals surface area contributed by atoms with Crippen molar-refractivity contribution < 1.29 is 9.53 Å². The Hall–Kier alpha value is -1.51. The number of nitrogens with one attached hydrogen (secondary N) is 1. The van der Waals surface area contributed by atoms with Crippen molar-refractivity contribution in [1.29, 1.82) is 0 Å². The number of hydrogen-bond acceptors (Lipinski definition) is 3. The molecule has 0 saturated carbocycles. The predicted molar refractivity (Wildman–Crippen MR) is 70.2 cm³/mol. The molecule has 1 N–H and O–H groups in total. The molecule has 0 aliphatic heterocycles. The van der Waals surface area contributed by atoms with Gasteiger partial charge in [0.1, 0.15) is 0 Å². The number of aryl methyl sites for hydroxylation is 1. The van der Waals surface area contributed by atoms with Gasteiger partial charge in [0.2, 0.25) is 0 Å². The minimum Gasteiger partial charge on any atom is -0.469 e. The van der Waals surface area contributed by atoms with E-state index in [1.54, 1.807) is 0 Å². The summed E-state index contributed by atoms with van der Waals surface area (Å²) in [7, 11) is 1.43. The van der Waals surface area contributed by atoms with E-state index in [2.05, 4.69) is 25.2 Å². The van der Waals surface area contributed by atoms with Gasteiger partial charge < -0.3 is 10.1 Å². The van der Waals surface area contributed by atoms with Crippen LogP contribution in [0.4, 0.5) is 5.69 Å². The van der Waals surface area contributed by atoms with Crippen molar-refractivity contribution in [3.63, 3.8) is 0 Å². The quantitative estimate of drug-likeness (QED) is 0.797. The van der Waals surface area contributed by atoms with Gasteiger partial charge in [-0.2, -0.15) is 0 Å². The summed E-state index contributed by atoms with van der Waals surface area (Å²) >= 11 is 0. The molecule has 0 saturated heterocycles. The third-order valence-corrected chi connectivity index (χ3v) is 3.17. The van der Waals surface area contributed by atoms with Crippen molar-refractivity contribution in [2.75, 3.05) is 19.0 Å². The third-order valence-electron chi connectivity index (χ3n) is 3.17. The lowest BCUT2D eigenvalue weighted by molar-refractivity contribution is -0.145. The maximum atomic E-state index is 11.5. The first kappa shape index (κ1) is 13.6. The second kappa shape index (κ2) is 6.28. The van der Waals surface area contributed by atoms with Crippen molar-refractivity contribution in [2.24, 2.45) is 5.92 Å². The summed E-state index contributed by atoms with van der Waals surface area (Å²) < 4.78 is 4.77. The van der Waals surface area contributed by atoms with Gasteiger partial charge in [0.25, 0.3) is 0 Å². The Bertz CT molecular complexity index is 388. The lowest BCUT2D eigenvalue weighted by Crippen LogP contribution is -2.24. The summed E-state index contributed by atoms with van der Waals surface area (Å²) in [6.45, 7) is 6.77. The van der Waals surface area contributed by atoms with Gasteiger partial charge in [-0.1, -0.05) is 19.1 Å². The normalized spacial score (nSPS) is 12.0. The Morgan fingerprint density at radius 1 is 1.41 bits per heavy atom. The summed E-state index contributed by atoms with van der Waals surface area (Å²) in [5.74, 6) is -0.231.